The number of piperazine rings is 1. The van der Waals surface area contributed by atoms with E-state index in [1.54, 1.807) is 31.3 Å². The van der Waals surface area contributed by atoms with Crippen molar-refractivity contribution in [2.45, 2.75) is 0 Å². The molecule has 0 bridgehead atoms. The monoisotopic (exact) mass is 327 g/mol. The van der Waals surface area contributed by atoms with Crippen LogP contribution in [0.1, 0.15) is 10.4 Å². The summed E-state index contributed by atoms with van der Waals surface area (Å²) in [7, 11) is 3.32. The predicted octanol–water partition coefficient (Wildman–Crippen LogP) is 1.36. The van der Waals surface area contributed by atoms with E-state index in [1.165, 1.54) is 10.6 Å². The molecule has 6 nitrogen and oxygen atoms in total. The first-order chi connectivity index (χ1) is 11.6. The van der Waals surface area contributed by atoms with E-state index in [0.717, 1.165) is 24.5 Å². The number of nitrogens with zero attached hydrogens (tertiary/aromatic N) is 3. The Labute approximate surface area is 140 Å². The van der Waals surface area contributed by atoms with Crippen molar-refractivity contribution in [3.05, 3.63) is 58.5 Å². The lowest BCUT2D eigenvalue weighted by atomic mass is 10.2. The number of aryl methyl sites for hydroxylation is 1. The standard InChI is InChI=1S/C18H21N3O3/c1-19-7-6-14(12-17(19)22)18(23)21-10-8-20(9-11-21)15-4-3-5-16(13-15)24-2/h3-7,12-13H,8-11H2,1-2H3. The highest BCUT2D eigenvalue weighted by Crippen LogP contribution is 2.22. The fraction of sp³-hybridized carbons (Fsp3) is 0.333. The zero-order valence-corrected chi connectivity index (χ0v) is 13.9. The molecule has 0 N–H and O–H groups in total. The van der Waals surface area contributed by atoms with Gasteiger partial charge in [-0.05, 0) is 18.2 Å². The predicted molar refractivity (Wildman–Crippen MR) is 92.8 cm³/mol. The van der Waals surface area contributed by atoms with Crippen LogP contribution in [0.15, 0.2) is 47.4 Å². The van der Waals surface area contributed by atoms with Crippen molar-refractivity contribution in [3.63, 3.8) is 0 Å². The molecular weight excluding hydrogens is 306 g/mol. The van der Waals surface area contributed by atoms with Gasteiger partial charge in [-0.1, -0.05) is 6.07 Å². The molecule has 3 rings (SSSR count). The first-order valence-corrected chi connectivity index (χ1v) is 7.93. The van der Waals surface area contributed by atoms with Crippen LogP contribution in [-0.4, -0.2) is 48.7 Å². The molecule has 1 fully saturated rings. The van der Waals surface area contributed by atoms with E-state index >= 15 is 0 Å². The Hall–Kier alpha value is -2.76. The van der Waals surface area contributed by atoms with Crippen molar-refractivity contribution < 1.29 is 9.53 Å². The Morgan fingerprint density at radius 3 is 2.50 bits per heavy atom. The molecule has 1 saturated heterocycles. The van der Waals surface area contributed by atoms with Crippen LogP contribution in [-0.2, 0) is 7.05 Å². The summed E-state index contributed by atoms with van der Waals surface area (Å²) in [6.45, 7) is 2.77. The van der Waals surface area contributed by atoms with E-state index in [4.69, 9.17) is 4.74 Å². The highest BCUT2D eigenvalue weighted by atomic mass is 16.5. The number of pyridine rings is 1. The quantitative estimate of drug-likeness (QED) is 0.854. The van der Waals surface area contributed by atoms with Gasteiger partial charge in [0, 0.05) is 62.8 Å². The summed E-state index contributed by atoms with van der Waals surface area (Å²) in [6.07, 6.45) is 1.63. The van der Waals surface area contributed by atoms with E-state index in [9.17, 15) is 9.59 Å². The van der Waals surface area contributed by atoms with Crippen LogP contribution in [0.3, 0.4) is 0 Å². The Morgan fingerprint density at radius 1 is 1.08 bits per heavy atom. The summed E-state index contributed by atoms with van der Waals surface area (Å²) in [5.74, 6) is 0.740. The van der Waals surface area contributed by atoms with Crippen LogP contribution in [0.5, 0.6) is 5.75 Å². The van der Waals surface area contributed by atoms with Gasteiger partial charge in [-0.3, -0.25) is 9.59 Å². The van der Waals surface area contributed by atoms with Crippen molar-refractivity contribution in [3.8, 4) is 5.75 Å². The summed E-state index contributed by atoms with van der Waals surface area (Å²) < 4.78 is 6.72. The van der Waals surface area contributed by atoms with Gasteiger partial charge in [0.1, 0.15) is 5.75 Å². The fourth-order valence-corrected chi connectivity index (χ4v) is 2.84. The average molecular weight is 327 g/mol. The molecule has 2 aromatic rings. The fourth-order valence-electron chi connectivity index (χ4n) is 2.84. The molecule has 1 aromatic carbocycles. The highest BCUT2D eigenvalue weighted by molar-refractivity contribution is 5.94. The highest BCUT2D eigenvalue weighted by Gasteiger charge is 2.22. The SMILES string of the molecule is COc1cccc(N2CCN(C(=O)c3ccn(C)c(=O)c3)CC2)c1. The van der Waals surface area contributed by atoms with Crippen LogP contribution in [0.2, 0.25) is 0 Å². The Bertz CT molecular complexity index is 792. The van der Waals surface area contributed by atoms with E-state index in [2.05, 4.69) is 4.90 Å². The minimum atomic E-state index is -0.170. The number of ether oxygens (including phenoxy) is 1. The number of carbonyl (C=O) groups is 1. The molecule has 0 atom stereocenters. The van der Waals surface area contributed by atoms with Gasteiger partial charge in [0.05, 0.1) is 7.11 Å². The Morgan fingerprint density at radius 2 is 1.83 bits per heavy atom. The number of amides is 1. The lowest BCUT2D eigenvalue weighted by molar-refractivity contribution is 0.0746. The first-order valence-electron chi connectivity index (χ1n) is 7.93. The number of hydrogen-bond donors (Lipinski definition) is 0. The lowest BCUT2D eigenvalue weighted by Crippen LogP contribution is -2.49. The molecule has 0 spiro atoms. The van der Waals surface area contributed by atoms with Gasteiger partial charge < -0.3 is 19.1 Å². The lowest BCUT2D eigenvalue weighted by Gasteiger charge is -2.36. The summed E-state index contributed by atoms with van der Waals surface area (Å²) in [5, 5.41) is 0. The number of carbonyl (C=O) groups excluding carboxylic acids is 1. The molecule has 0 radical (unpaired) electrons. The normalized spacial score (nSPS) is 14.6. The molecule has 0 unspecified atom stereocenters. The molecule has 1 aromatic heterocycles. The van der Waals surface area contributed by atoms with Crippen LogP contribution in [0.25, 0.3) is 0 Å². The van der Waals surface area contributed by atoms with Crippen LogP contribution in [0, 0.1) is 0 Å². The van der Waals surface area contributed by atoms with Crippen molar-refractivity contribution in [1.82, 2.24) is 9.47 Å². The third-order valence-corrected chi connectivity index (χ3v) is 4.34. The second kappa shape index (κ2) is 6.78. The molecule has 0 aliphatic carbocycles. The molecule has 2 heterocycles. The van der Waals surface area contributed by atoms with Gasteiger partial charge in [0.25, 0.3) is 11.5 Å². The van der Waals surface area contributed by atoms with Gasteiger partial charge in [-0.2, -0.15) is 0 Å². The maximum absolute atomic E-state index is 12.5. The van der Waals surface area contributed by atoms with Crippen molar-refractivity contribution in [2.24, 2.45) is 7.05 Å². The summed E-state index contributed by atoms with van der Waals surface area (Å²) >= 11 is 0. The first kappa shape index (κ1) is 16.1. The maximum atomic E-state index is 12.5. The minimum Gasteiger partial charge on any atom is -0.497 e. The van der Waals surface area contributed by atoms with E-state index in [0.29, 0.717) is 18.7 Å². The molecule has 1 aliphatic heterocycles. The van der Waals surface area contributed by atoms with E-state index in [-0.39, 0.29) is 11.5 Å². The molecule has 1 aliphatic rings. The van der Waals surface area contributed by atoms with Gasteiger partial charge in [-0.15, -0.1) is 0 Å². The Balaban J connectivity index is 1.67. The number of aromatic nitrogens is 1. The van der Waals surface area contributed by atoms with Crippen molar-refractivity contribution >= 4 is 11.6 Å². The van der Waals surface area contributed by atoms with Crippen molar-refractivity contribution in [2.75, 3.05) is 38.2 Å². The minimum absolute atomic E-state index is 0.0852. The third kappa shape index (κ3) is 3.27. The average Bonchev–Trinajstić information content (AvgIpc) is 2.63. The molecule has 1 amide bonds. The van der Waals surface area contributed by atoms with Gasteiger partial charge in [0.15, 0.2) is 0 Å². The smallest absolute Gasteiger partial charge is 0.254 e. The molecule has 126 valence electrons. The molecule has 6 heteroatoms. The largest absolute Gasteiger partial charge is 0.497 e. The second-order valence-electron chi connectivity index (χ2n) is 5.85. The van der Waals surface area contributed by atoms with Crippen molar-refractivity contribution in [1.29, 1.82) is 0 Å². The van der Waals surface area contributed by atoms with Crippen LogP contribution < -0.4 is 15.2 Å². The number of hydrogen-bond acceptors (Lipinski definition) is 4. The molecular formula is C18H21N3O3. The second-order valence-corrected chi connectivity index (χ2v) is 5.85. The number of benzene rings is 1. The third-order valence-electron chi connectivity index (χ3n) is 4.34. The summed E-state index contributed by atoms with van der Waals surface area (Å²) in [6, 6.07) is 11.0. The topological polar surface area (TPSA) is 54.8 Å². The number of anilines is 1. The maximum Gasteiger partial charge on any atom is 0.254 e. The molecule has 24 heavy (non-hydrogen) atoms. The van der Waals surface area contributed by atoms with Gasteiger partial charge in [-0.25, -0.2) is 0 Å². The van der Waals surface area contributed by atoms with E-state index < -0.39 is 0 Å². The zero-order chi connectivity index (χ0) is 17.1. The van der Waals surface area contributed by atoms with Gasteiger partial charge >= 0.3 is 0 Å². The summed E-state index contributed by atoms with van der Waals surface area (Å²) in [4.78, 5) is 28.3. The van der Waals surface area contributed by atoms with Gasteiger partial charge in [0.2, 0.25) is 0 Å². The molecule has 0 saturated carbocycles. The Kier molecular flexibility index (Phi) is 4.55. The summed E-state index contributed by atoms with van der Waals surface area (Å²) in [5.41, 5.74) is 1.37. The van der Waals surface area contributed by atoms with E-state index in [1.807, 2.05) is 24.3 Å². The number of methoxy groups -OCH3 is 1. The number of rotatable bonds is 3. The van der Waals surface area contributed by atoms with Crippen LogP contribution >= 0.6 is 0 Å². The zero-order valence-electron chi connectivity index (χ0n) is 13.9. The van der Waals surface area contributed by atoms with Crippen LogP contribution in [0.4, 0.5) is 5.69 Å².